The SMILES string of the molecule is O=C(CNS(=O)(=O)c1cccs1)Nc1cnc2ccccn2c1=O. The average molecular weight is 364 g/mol. The van der Waals surface area contributed by atoms with Gasteiger partial charge in [0.1, 0.15) is 15.5 Å². The Kier molecular flexibility index (Phi) is 4.42. The molecule has 0 unspecified atom stereocenters. The van der Waals surface area contributed by atoms with E-state index in [-0.39, 0.29) is 9.90 Å². The third-order valence-corrected chi connectivity index (χ3v) is 5.87. The van der Waals surface area contributed by atoms with Gasteiger partial charge in [0.25, 0.3) is 15.6 Å². The number of anilines is 1. The fourth-order valence-corrected chi connectivity index (χ4v) is 3.97. The highest BCUT2D eigenvalue weighted by molar-refractivity contribution is 7.91. The van der Waals surface area contributed by atoms with Gasteiger partial charge in [0.15, 0.2) is 0 Å². The second-order valence-electron chi connectivity index (χ2n) is 4.71. The molecule has 124 valence electrons. The quantitative estimate of drug-likeness (QED) is 0.692. The maximum Gasteiger partial charge on any atom is 0.281 e. The lowest BCUT2D eigenvalue weighted by molar-refractivity contribution is -0.115. The number of sulfonamides is 1. The summed E-state index contributed by atoms with van der Waals surface area (Å²) in [5.41, 5.74) is -0.0343. The number of thiophene rings is 1. The lowest BCUT2D eigenvalue weighted by Gasteiger charge is -2.07. The van der Waals surface area contributed by atoms with Gasteiger partial charge in [-0.3, -0.25) is 14.0 Å². The summed E-state index contributed by atoms with van der Waals surface area (Å²) in [6, 6.07) is 8.09. The second kappa shape index (κ2) is 6.51. The number of carbonyl (C=O) groups excluding carboxylic acids is 1. The first-order valence-corrected chi connectivity index (χ1v) is 9.13. The minimum Gasteiger partial charge on any atom is -0.319 e. The van der Waals surface area contributed by atoms with E-state index in [1.54, 1.807) is 29.6 Å². The second-order valence-corrected chi connectivity index (χ2v) is 7.65. The van der Waals surface area contributed by atoms with Crippen LogP contribution in [0, 0.1) is 0 Å². The van der Waals surface area contributed by atoms with Crippen molar-refractivity contribution in [1.29, 1.82) is 0 Å². The predicted octanol–water partition coefficient (Wildman–Crippen LogP) is 0.673. The molecule has 8 nitrogen and oxygen atoms in total. The third-order valence-electron chi connectivity index (χ3n) is 3.07. The van der Waals surface area contributed by atoms with Gasteiger partial charge in [0, 0.05) is 6.20 Å². The molecule has 0 saturated heterocycles. The molecule has 3 rings (SSSR count). The first kappa shape index (κ1) is 16.3. The molecule has 3 aromatic heterocycles. The van der Waals surface area contributed by atoms with E-state index in [0.29, 0.717) is 5.65 Å². The average Bonchev–Trinajstić information content (AvgIpc) is 3.11. The Morgan fingerprint density at radius 3 is 2.83 bits per heavy atom. The van der Waals surface area contributed by atoms with E-state index < -0.39 is 28.0 Å². The number of carbonyl (C=O) groups is 1. The summed E-state index contributed by atoms with van der Waals surface area (Å²) < 4.78 is 27.4. The molecule has 2 N–H and O–H groups in total. The van der Waals surface area contributed by atoms with Gasteiger partial charge in [-0.25, -0.2) is 18.1 Å². The van der Waals surface area contributed by atoms with Crippen molar-refractivity contribution in [2.24, 2.45) is 0 Å². The number of rotatable bonds is 5. The topological polar surface area (TPSA) is 110 Å². The molecule has 3 aromatic rings. The van der Waals surface area contributed by atoms with Crippen LogP contribution < -0.4 is 15.6 Å². The Morgan fingerprint density at radius 1 is 1.25 bits per heavy atom. The minimum absolute atomic E-state index is 0.0287. The maximum absolute atomic E-state index is 12.2. The van der Waals surface area contributed by atoms with Crippen LogP contribution in [0.15, 0.2) is 57.1 Å². The lowest BCUT2D eigenvalue weighted by atomic mass is 10.4. The number of aromatic nitrogens is 2. The van der Waals surface area contributed by atoms with E-state index in [2.05, 4.69) is 15.0 Å². The molecule has 24 heavy (non-hydrogen) atoms. The Morgan fingerprint density at radius 2 is 2.08 bits per heavy atom. The van der Waals surface area contributed by atoms with Crippen LogP contribution in [0.4, 0.5) is 5.69 Å². The molecule has 10 heteroatoms. The smallest absolute Gasteiger partial charge is 0.281 e. The van der Waals surface area contributed by atoms with Crippen molar-refractivity contribution < 1.29 is 13.2 Å². The van der Waals surface area contributed by atoms with Crippen LogP contribution >= 0.6 is 11.3 Å². The van der Waals surface area contributed by atoms with Crippen molar-refractivity contribution in [3.8, 4) is 0 Å². The molecule has 0 aromatic carbocycles. The highest BCUT2D eigenvalue weighted by atomic mass is 32.2. The molecule has 0 fully saturated rings. The molecule has 0 radical (unpaired) electrons. The Labute approximate surface area is 140 Å². The van der Waals surface area contributed by atoms with Gasteiger partial charge in [-0.1, -0.05) is 12.1 Å². The first-order valence-electron chi connectivity index (χ1n) is 6.77. The maximum atomic E-state index is 12.2. The van der Waals surface area contributed by atoms with Crippen molar-refractivity contribution in [2.45, 2.75) is 4.21 Å². The van der Waals surface area contributed by atoms with Crippen molar-refractivity contribution in [3.63, 3.8) is 0 Å². The standard InChI is InChI=1S/C14H12N4O4S2/c19-12(9-16-24(21,22)13-5-3-7-23-13)17-10-8-15-11-4-1-2-6-18(11)14(10)20/h1-8,16H,9H2,(H,17,19). The Hall–Kier alpha value is -2.56. The van der Waals surface area contributed by atoms with Crippen molar-refractivity contribution in [1.82, 2.24) is 14.1 Å². The molecular weight excluding hydrogens is 352 g/mol. The molecule has 0 bridgehead atoms. The van der Waals surface area contributed by atoms with Crippen LogP contribution in [0.25, 0.3) is 5.65 Å². The monoisotopic (exact) mass is 364 g/mol. The van der Waals surface area contributed by atoms with Gasteiger partial charge < -0.3 is 5.32 Å². The number of nitrogens with one attached hydrogen (secondary N) is 2. The van der Waals surface area contributed by atoms with Crippen LogP contribution in [0.1, 0.15) is 0 Å². The molecule has 1 amide bonds. The summed E-state index contributed by atoms with van der Waals surface area (Å²) in [5, 5.41) is 3.98. The van der Waals surface area contributed by atoms with Crippen LogP contribution in [-0.4, -0.2) is 30.3 Å². The summed E-state index contributed by atoms with van der Waals surface area (Å²) in [7, 11) is -3.74. The van der Waals surface area contributed by atoms with E-state index in [0.717, 1.165) is 11.3 Å². The van der Waals surface area contributed by atoms with Gasteiger partial charge in [-0.05, 0) is 23.6 Å². The van der Waals surface area contributed by atoms with Crippen LogP contribution in [-0.2, 0) is 14.8 Å². The van der Waals surface area contributed by atoms with Crippen LogP contribution in [0.5, 0.6) is 0 Å². The number of fused-ring (bicyclic) bond motifs is 1. The van der Waals surface area contributed by atoms with Gasteiger partial charge in [0.2, 0.25) is 5.91 Å². The molecule has 0 aliphatic carbocycles. The zero-order valence-electron chi connectivity index (χ0n) is 12.2. The normalized spacial score (nSPS) is 11.5. The third kappa shape index (κ3) is 3.35. The number of hydrogen-bond acceptors (Lipinski definition) is 6. The van der Waals surface area contributed by atoms with Gasteiger partial charge in [-0.2, -0.15) is 0 Å². The number of nitrogens with zero attached hydrogens (tertiary/aromatic N) is 2. The zero-order chi connectivity index (χ0) is 17.2. The minimum atomic E-state index is -3.74. The molecule has 0 saturated carbocycles. The highest BCUT2D eigenvalue weighted by Crippen LogP contribution is 2.14. The first-order chi connectivity index (χ1) is 11.5. The van der Waals surface area contributed by atoms with E-state index in [1.807, 2.05) is 0 Å². The molecular formula is C14H12N4O4S2. The molecule has 0 atom stereocenters. The lowest BCUT2D eigenvalue weighted by Crippen LogP contribution is -2.34. The molecule has 0 aliphatic heterocycles. The fourth-order valence-electron chi connectivity index (χ4n) is 1.95. The molecule has 0 aliphatic rings. The zero-order valence-corrected chi connectivity index (χ0v) is 13.8. The number of pyridine rings is 1. The van der Waals surface area contributed by atoms with Crippen molar-refractivity contribution in [2.75, 3.05) is 11.9 Å². The summed E-state index contributed by atoms with van der Waals surface area (Å²) in [4.78, 5) is 28.2. The summed E-state index contributed by atoms with van der Waals surface area (Å²) in [6.07, 6.45) is 2.77. The largest absolute Gasteiger partial charge is 0.319 e. The number of amides is 1. The highest BCUT2D eigenvalue weighted by Gasteiger charge is 2.17. The van der Waals surface area contributed by atoms with Crippen molar-refractivity contribution >= 4 is 38.6 Å². The molecule has 3 heterocycles. The van der Waals surface area contributed by atoms with Gasteiger partial charge in [0.05, 0.1) is 12.7 Å². The van der Waals surface area contributed by atoms with Gasteiger partial charge >= 0.3 is 0 Å². The fraction of sp³-hybridized carbons (Fsp3) is 0.0714. The van der Waals surface area contributed by atoms with E-state index >= 15 is 0 Å². The summed E-state index contributed by atoms with van der Waals surface area (Å²) >= 11 is 1.04. The number of hydrogen-bond donors (Lipinski definition) is 2. The Balaban J connectivity index is 1.72. The van der Waals surface area contributed by atoms with Crippen LogP contribution in [0.2, 0.25) is 0 Å². The van der Waals surface area contributed by atoms with E-state index in [9.17, 15) is 18.0 Å². The molecule has 0 spiro atoms. The summed E-state index contributed by atoms with van der Waals surface area (Å²) in [5.74, 6) is -0.662. The van der Waals surface area contributed by atoms with Crippen molar-refractivity contribution in [3.05, 3.63) is 58.5 Å². The van der Waals surface area contributed by atoms with Crippen LogP contribution in [0.3, 0.4) is 0 Å². The van der Waals surface area contributed by atoms with E-state index in [4.69, 9.17) is 0 Å². The summed E-state index contributed by atoms with van der Waals surface area (Å²) in [6.45, 7) is -0.489. The Bertz CT molecular complexity index is 1040. The predicted molar refractivity (Wildman–Crippen MR) is 89.6 cm³/mol. The van der Waals surface area contributed by atoms with Gasteiger partial charge in [-0.15, -0.1) is 11.3 Å². The van der Waals surface area contributed by atoms with E-state index in [1.165, 1.54) is 22.9 Å².